The van der Waals surface area contributed by atoms with E-state index >= 15 is 0 Å². The number of benzene rings is 3. The zero-order valence-electron chi connectivity index (χ0n) is 22.4. The molecule has 3 aromatic rings. The number of amides is 2. The summed E-state index contributed by atoms with van der Waals surface area (Å²) in [5.41, 5.74) is 1.53. The number of aryl methyl sites for hydroxylation is 1. The second-order valence-corrected chi connectivity index (χ2v) is 12.2. The highest BCUT2D eigenvalue weighted by Crippen LogP contribution is 2.30. The molecule has 0 spiro atoms. The zero-order chi connectivity index (χ0) is 28.7. The van der Waals surface area contributed by atoms with Gasteiger partial charge in [-0.15, -0.1) is 0 Å². The predicted octanol–water partition coefficient (Wildman–Crippen LogP) is 5.83. The van der Waals surface area contributed by atoms with Gasteiger partial charge in [0.2, 0.25) is 11.8 Å². The first-order valence-electron chi connectivity index (χ1n) is 12.6. The van der Waals surface area contributed by atoms with E-state index in [2.05, 4.69) is 5.32 Å². The minimum absolute atomic E-state index is 0.0241. The number of anilines is 1. The Balaban J connectivity index is 2.11. The van der Waals surface area contributed by atoms with Gasteiger partial charge in [-0.2, -0.15) is 0 Å². The Morgan fingerprint density at radius 2 is 1.59 bits per heavy atom. The van der Waals surface area contributed by atoms with Crippen molar-refractivity contribution < 1.29 is 18.0 Å². The van der Waals surface area contributed by atoms with E-state index in [1.165, 1.54) is 23.1 Å². The van der Waals surface area contributed by atoms with E-state index in [0.29, 0.717) is 27.6 Å². The van der Waals surface area contributed by atoms with Crippen LogP contribution < -0.4 is 9.62 Å². The van der Waals surface area contributed by atoms with Gasteiger partial charge >= 0.3 is 0 Å². The minimum Gasteiger partial charge on any atom is -0.352 e. The first-order chi connectivity index (χ1) is 18.4. The number of carbonyl (C=O) groups excluding carboxylic acids is 2. The summed E-state index contributed by atoms with van der Waals surface area (Å²) >= 11 is 12.7. The predicted molar refractivity (Wildman–Crippen MR) is 157 cm³/mol. The number of nitrogens with zero attached hydrogens (tertiary/aromatic N) is 2. The Labute approximate surface area is 240 Å². The maximum atomic E-state index is 14.1. The molecule has 0 saturated carbocycles. The molecule has 0 radical (unpaired) electrons. The number of halogens is 2. The largest absolute Gasteiger partial charge is 0.352 e. The van der Waals surface area contributed by atoms with Gasteiger partial charge in [-0.25, -0.2) is 8.42 Å². The summed E-state index contributed by atoms with van der Waals surface area (Å²) in [5.74, 6) is -0.885. The van der Waals surface area contributed by atoms with Crippen molar-refractivity contribution in [1.29, 1.82) is 0 Å². The van der Waals surface area contributed by atoms with Gasteiger partial charge in [0.25, 0.3) is 10.0 Å². The number of nitrogens with one attached hydrogen (secondary N) is 1. The molecule has 7 nitrogen and oxygen atoms in total. The third-order valence-electron chi connectivity index (χ3n) is 6.17. The van der Waals surface area contributed by atoms with Crippen LogP contribution in [0.2, 0.25) is 10.0 Å². The van der Waals surface area contributed by atoms with Crippen molar-refractivity contribution in [2.24, 2.45) is 0 Å². The van der Waals surface area contributed by atoms with E-state index < -0.39 is 28.5 Å². The van der Waals surface area contributed by atoms with Gasteiger partial charge in [-0.1, -0.05) is 72.6 Å². The Morgan fingerprint density at radius 1 is 0.949 bits per heavy atom. The molecule has 10 heteroatoms. The smallest absolute Gasteiger partial charge is 0.264 e. The summed E-state index contributed by atoms with van der Waals surface area (Å²) in [6.07, 6.45) is 0.316. The second kappa shape index (κ2) is 13.3. The molecule has 0 saturated heterocycles. The lowest BCUT2D eigenvalue weighted by molar-refractivity contribution is -0.140. The van der Waals surface area contributed by atoms with E-state index in [4.69, 9.17) is 23.2 Å². The quantitative estimate of drug-likeness (QED) is 0.305. The van der Waals surface area contributed by atoms with Crippen LogP contribution in [-0.2, 0) is 26.2 Å². The Kier molecular flexibility index (Phi) is 10.4. The molecule has 0 aliphatic heterocycles. The average molecular weight is 591 g/mol. The van der Waals surface area contributed by atoms with Gasteiger partial charge in [0.05, 0.1) is 10.6 Å². The fourth-order valence-electron chi connectivity index (χ4n) is 4.19. The molecular weight excluding hydrogens is 557 g/mol. The van der Waals surface area contributed by atoms with Crippen LogP contribution in [0.1, 0.15) is 38.3 Å². The van der Waals surface area contributed by atoms with Gasteiger partial charge in [0.1, 0.15) is 12.6 Å². The first kappa shape index (κ1) is 30.5. The molecule has 3 rings (SSSR count). The van der Waals surface area contributed by atoms with Crippen LogP contribution >= 0.6 is 23.2 Å². The van der Waals surface area contributed by atoms with Gasteiger partial charge in [0.15, 0.2) is 0 Å². The molecule has 0 heterocycles. The van der Waals surface area contributed by atoms with E-state index in [1.54, 1.807) is 68.4 Å². The molecule has 39 heavy (non-hydrogen) atoms. The summed E-state index contributed by atoms with van der Waals surface area (Å²) in [7, 11) is -4.17. The Bertz CT molecular complexity index is 1420. The molecular formula is C29H33Cl2N3O4S. The standard InChI is InChI=1S/C29H33Cl2N3O4S/c1-5-26(29(36)32-20(2)3)33(18-22-11-9-10-14-25(22)31)28(35)19-34(27-17-23(30)16-15-21(27)4)39(37,38)24-12-7-6-8-13-24/h6-17,20,26H,5,18-19H2,1-4H3,(H,32,36)/t26-/m0/s1. The maximum Gasteiger partial charge on any atom is 0.264 e. The summed E-state index contributed by atoms with van der Waals surface area (Å²) in [6, 6.07) is 18.8. The van der Waals surface area contributed by atoms with Crippen LogP contribution in [0, 0.1) is 6.92 Å². The van der Waals surface area contributed by atoms with Crippen molar-refractivity contribution >= 4 is 50.7 Å². The lowest BCUT2D eigenvalue weighted by atomic mass is 10.1. The fraction of sp³-hybridized carbons (Fsp3) is 0.310. The second-order valence-electron chi connectivity index (χ2n) is 9.46. The molecule has 0 aliphatic rings. The van der Waals surface area contributed by atoms with Crippen LogP contribution in [0.5, 0.6) is 0 Å². The van der Waals surface area contributed by atoms with Crippen molar-refractivity contribution in [3.8, 4) is 0 Å². The average Bonchev–Trinajstić information content (AvgIpc) is 2.89. The zero-order valence-corrected chi connectivity index (χ0v) is 24.7. The third-order valence-corrected chi connectivity index (χ3v) is 8.54. The SMILES string of the molecule is CC[C@@H](C(=O)NC(C)C)N(Cc1ccccc1Cl)C(=O)CN(c1cc(Cl)ccc1C)S(=O)(=O)c1ccccc1. The highest BCUT2D eigenvalue weighted by atomic mass is 35.5. The molecule has 2 amide bonds. The number of hydrogen-bond acceptors (Lipinski definition) is 4. The Hall–Kier alpha value is -3.07. The number of carbonyl (C=O) groups is 2. The molecule has 0 fully saturated rings. The van der Waals surface area contributed by atoms with Crippen LogP contribution in [0.4, 0.5) is 5.69 Å². The van der Waals surface area contributed by atoms with E-state index in [0.717, 1.165) is 4.31 Å². The van der Waals surface area contributed by atoms with Crippen molar-refractivity contribution in [2.75, 3.05) is 10.8 Å². The molecule has 0 bridgehead atoms. The molecule has 1 atom stereocenters. The minimum atomic E-state index is -4.17. The lowest BCUT2D eigenvalue weighted by Crippen LogP contribution is -2.53. The lowest BCUT2D eigenvalue weighted by Gasteiger charge is -2.34. The van der Waals surface area contributed by atoms with Crippen molar-refractivity contribution in [3.05, 3.63) is 94.0 Å². The van der Waals surface area contributed by atoms with Gasteiger partial charge in [0, 0.05) is 22.6 Å². The van der Waals surface area contributed by atoms with Gasteiger partial charge in [-0.3, -0.25) is 13.9 Å². The van der Waals surface area contributed by atoms with Crippen LogP contribution in [-0.4, -0.2) is 43.8 Å². The summed E-state index contributed by atoms with van der Waals surface area (Å²) in [5, 5.41) is 3.64. The third kappa shape index (κ3) is 7.53. The van der Waals surface area contributed by atoms with Crippen molar-refractivity contribution in [2.45, 2.75) is 57.6 Å². The number of sulfonamides is 1. The maximum absolute atomic E-state index is 14.1. The summed E-state index contributed by atoms with van der Waals surface area (Å²) < 4.78 is 28.8. The Morgan fingerprint density at radius 3 is 2.21 bits per heavy atom. The van der Waals surface area contributed by atoms with Crippen LogP contribution in [0.3, 0.4) is 0 Å². The first-order valence-corrected chi connectivity index (χ1v) is 14.8. The number of hydrogen-bond donors (Lipinski definition) is 1. The number of rotatable bonds is 11. The van der Waals surface area contributed by atoms with Gasteiger partial charge in [-0.05, 0) is 68.7 Å². The normalized spacial score (nSPS) is 12.2. The molecule has 0 aliphatic carbocycles. The van der Waals surface area contributed by atoms with Crippen LogP contribution in [0.25, 0.3) is 0 Å². The van der Waals surface area contributed by atoms with Crippen molar-refractivity contribution in [3.63, 3.8) is 0 Å². The van der Waals surface area contributed by atoms with Crippen molar-refractivity contribution in [1.82, 2.24) is 10.2 Å². The summed E-state index contributed by atoms with van der Waals surface area (Å²) in [4.78, 5) is 28.7. The fourth-order valence-corrected chi connectivity index (χ4v) is 6.05. The molecule has 0 aromatic heterocycles. The highest BCUT2D eigenvalue weighted by molar-refractivity contribution is 7.92. The van der Waals surface area contributed by atoms with E-state index in [-0.39, 0.29) is 29.1 Å². The monoisotopic (exact) mass is 589 g/mol. The summed E-state index contributed by atoms with van der Waals surface area (Å²) in [6.45, 7) is 6.69. The van der Waals surface area contributed by atoms with Gasteiger partial charge < -0.3 is 10.2 Å². The molecule has 208 valence electrons. The van der Waals surface area contributed by atoms with E-state index in [9.17, 15) is 18.0 Å². The molecule has 1 N–H and O–H groups in total. The topological polar surface area (TPSA) is 86.8 Å². The molecule has 3 aromatic carbocycles. The highest BCUT2D eigenvalue weighted by Gasteiger charge is 2.34. The molecule has 0 unspecified atom stereocenters. The van der Waals surface area contributed by atoms with E-state index in [1.807, 2.05) is 13.8 Å². The van der Waals surface area contributed by atoms with Crippen LogP contribution in [0.15, 0.2) is 77.7 Å².